The van der Waals surface area contributed by atoms with E-state index in [1.165, 1.54) is 6.26 Å². The zero-order valence-electron chi connectivity index (χ0n) is 16.2. The fraction of sp³-hybridized carbons (Fsp3) is 0.190. The van der Waals surface area contributed by atoms with Crippen molar-refractivity contribution in [1.82, 2.24) is 4.57 Å². The number of halogens is 2. The zero-order chi connectivity index (χ0) is 21.8. The topological polar surface area (TPSA) is 97.3 Å². The number of hydrogen-bond acceptors (Lipinski definition) is 5. The summed E-state index contributed by atoms with van der Waals surface area (Å²) in [5.41, 5.74) is 1.21. The number of ether oxygens (including phenoxy) is 1. The second-order valence-electron chi connectivity index (χ2n) is 6.46. The number of nitrogens with one attached hydrogen (secondary N) is 1. The van der Waals surface area contributed by atoms with Gasteiger partial charge in [0.05, 0.1) is 23.9 Å². The van der Waals surface area contributed by atoms with Crippen LogP contribution in [-0.2, 0) is 16.1 Å². The molecule has 7 nitrogen and oxygen atoms in total. The van der Waals surface area contributed by atoms with Crippen molar-refractivity contribution in [3.63, 3.8) is 0 Å². The number of esters is 1. The number of carbonyl (C=O) groups is 2. The van der Waals surface area contributed by atoms with Gasteiger partial charge in [0.1, 0.15) is 29.3 Å². The molecule has 154 valence electrons. The fourth-order valence-electron chi connectivity index (χ4n) is 2.92. The van der Waals surface area contributed by atoms with E-state index in [1.54, 1.807) is 30.5 Å². The van der Waals surface area contributed by atoms with Crippen LogP contribution in [0.5, 0.6) is 0 Å². The van der Waals surface area contributed by atoms with E-state index >= 15 is 0 Å². The first-order chi connectivity index (χ1) is 14.3. The lowest BCUT2D eigenvalue weighted by Gasteiger charge is -2.12. The Labute approximate surface area is 170 Å². The van der Waals surface area contributed by atoms with E-state index in [4.69, 9.17) is 9.15 Å². The number of carbonyl (C=O) groups excluding carboxylic acids is 2. The predicted molar refractivity (Wildman–Crippen MR) is 102 cm³/mol. The van der Waals surface area contributed by atoms with Crippen LogP contribution in [0.3, 0.4) is 0 Å². The lowest BCUT2D eigenvalue weighted by Crippen LogP contribution is -2.23. The van der Waals surface area contributed by atoms with Gasteiger partial charge in [0.25, 0.3) is 5.91 Å². The van der Waals surface area contributed by atoms with Crippen molar-refractivity contribution in [1.29, 1.82) is 5.26 Å². The molecular formula is C21H17F2N3O4. The summed E-state index contributed by atoms with van der Waals surface area (Å²) in [6.45, 7) is 3.10. The maximum Gasteiger partial charge on any atom is 0.341 e. The van der Waals surface area contributed by atoms with Crippen LogP contribution in [0.25, 0.3) is 0 Å². The van der Waals surface area contributed by atoms with Crippen molar-refractivity contribution in [2.24, 2.45) is 0 Å². The van der Waals surface area contributed by atoms with E-state index in [2.05, 4.69) is 11.4 Å². The Balaban J connectivity index is 1.75. The molecule has 0 saturated carbocycles. The maximum absolute atomic E-state index is 13.7. The first-order valence-corrected chi connectivity index (χ1v) is 8.86. The monoisotopic (exact) mass is 413 g/mol. The van der Waals surface area contributed by atoms with Gasteiger partial charge in [-0.05, 0) is 43.7 Å². The molecule has 0 atom stereocenters. The lowest BCUT2D eigenvalue weighted by molar-refractivity contribution is -0.119. The number of furan rings is 1. The third-order valence-electron chi connectivity index (χ3n) is 4.58. The minimum absolute atomic E-state index is 0.234. The van der Waals surface area contributed by atoms with Crippen LogP contribution in [0.1, 0.15) is 32.9 Å². The third kappa shape index (κ3) is 4.22. The molecule has 1 amide bonds. The lowest BCUT2D eigenvalue weighted by atomic mass is 10.2. The van der Waals surface area contributed by atoms with E-state index in [1.807, 2.05) is 0 Å². The zero-order valence-corrected chi connectivity index (χ0v) is 16.2. The average Bonchev–Trinajstić information content (AvgIpc) is 3.29. The van der Waals surface area contributed by atoms with Gasteiger partial charge in [0, 0.05) is 11.8 Å². The number of nitrogens with zero attached hydrogens (tertiary/aromatic N) is 2. The highest BCUT2D eigenvalue weighted by Gasteiger charge is 2.21. The highest BCUT2D eigenvalue weighted by atomic mass is 19.1. The summed E-state index contributed by atoms with van der Waals surface area (Å²) in [6, 6.07) is 7.91. The molecule has 0 saturated heterocycles. The molecule has 0 unspecified atom stereocenters. The summed E-state index contributed by atoms with van der Waals surface area (Å²) in [7, 11) is 0. The van der Waals surface area contributed by atoms with Crippen LogP contribution in [-0.4, -0.2) is 23.1 Å². The molecule has 0 bridgehead atoms. The number of benzene rings is 1. The molecule has 30 heavy (non-hydrogen) atoms. The van der Waals surface area contributed by atoms with E-state index in [9.17, 15) is 23.6 Å². The Morgan fingerprint density at radius 2 is 2.03 bits per heavy atom. The highest BCUT2D eigenvalue weighted by molar-refractivity contribution is 5.96. The Hall–Kier alpha value is -3.93. The number of hydrogen-bond donors (Lipinski definition) is 1. The molecule has 9 heteroatoms. The molecular weight excluding hydrogens is 396 g/mol. The van der Waals surface area contributed by atoms with Gasteiger partial charge in [-0.3, -0.25) is 4.79 Å². The molecule has 2 aromatic heterocycles. The number of amides is 1. The number of aromatic nitrogens is 1. The summed E-state index contributed by atoms with van der Waals surface area (Å²) in [5.74, 6) is -2.91. The molecule has 2 heterocycles. The number of nitriles is 1. The first-order valence-electron chi connectivity index (χ1n) is 8.86. The van der Waals surface area contributed by atoms with Crippen LogP contribution in [0, 0.1) is 36.8 Å². The van der Waals surface area contributed by atoms with E-state index in [0.29, 0.717) is 17.4 Å². The van der Waals surface area contributed by atoms with E-state index < -0.39 is 35.7 Å². The van der Waals surface area contributed by atoms with Crippen LogP contribution < -0.4 is 5.32 Å². The summed E-state index contributed by atoms with van der Waals surface area (Å²) in [5, 5.41) is 12.1. The van der Waals surface area contributed by atoms with Crippen molar-refractivity contribution >= 4 is 17.7 Å². The molecule has 0 fully saturated rings. The summed E-state index contributed by atoms with van der Waals surface area (Å²) in [6.07, 6.45) is 1.51. The SMILES string of the molecule is Cc1c(C#N)c(NC(=O)COC(=O)c2ccc(F)cc2F)n(Cc2ccco2)c1C. The summed E-state index contributed by atoms with van der Waals surface area (Å²) >= 11 is 0. The Morgan fingerprint density at radius 1 is 1.27 bits per heavy atom. The molecule has 3 rings (SSSR count). The third-order valence-corrected chi connectivity index (χ3v) is 4.58. The maximum atomic E-state index is 13.7. The second-order valence-corrected chi connectivity index (χ2v) is 6.46. The van der Waals surface area contributed by atoms with Crippen LogP contribution in [0.4, 0.5) is 14.6 Å². The Kier molecular flexibility index (Phi) is 5.97. The van der Waals surface area contributed by atoms with Crippen molar-refractivity contribution in [2.45, 2.75) is 20.4 Å². The molecule has 0 spiro atoms. The van der Waals surface area contributed by atoms with Gasteiger partial charge >= 0.3 is 5.97 Å². The fourth-order valence-corrected chi connectivity index (χ4v) is 2.92. The normalized spacial score (nSPS) is 10.5. The standard InChI is InChI=1S/C21H17F2N3O4/c1-12-13(2)26(10-15-4-3-7-29-15)20(17(12)9-24)25-19(27)11-30-21(28)16-6-5-14(22)8-18(16)23/h3-8H,10-11H2,1-2H3,(H,25,27). The average molecular weight is 413 g/mol. The van der Waals surface area contributed by atoms with E-state index in [-0.39, 0.29) is 17.9 Å². The molecule has 0 radical (unpaired) electrons. The Morgan fingerprint density at radius 3 is 2.67 bits per heavy atom. The molecule has 0 aliphatic rings. The number of rotatable bonds is 6. The molecule has 1 aromatic carbocycles. The van der Waals surface area contributed by atoms with Gasteiger partial charge < -0.3 is 19.0 Å². The largest absolute Gasteiger partial charge is 0.467 e. The second kappa shape index (κ2) is 8.61. The van der Waals surface area contributed by atoms with Crippen LogP contribution in [0.15, 0.2) is 41.0 Å². The minimum Gasteiger partial charge on any atom is -0.467 e. The van der Waals surface area contributed by atoms with Gasteiger partial charge in [-0.2, -0.15) is 5.26 Å². The molecule has 3 aromatic rings. The van der Waals surface area contributed by atoms with Crippen LogP contribution in [0.2, 0.25) is 0 Å². The summed E-state index contributed by atoms with van der Waals surface area (Å²) in [4.78, 5) is 24.3. The highest BCUT2D eigenvalue weighted by Crippen LogP contribution is 2.27. The van der Waals surface area contributed by atoms with Crippen LogP contribution >= 0.6 is 0 Å². The van der Waals surface area contributed by atoms with Gasteiger partial charge in [-0.1, -0.05) is 0 Å². The van der Waals surface area contributed by atoms with Crippen molar-refractivity contribution in [2.75, 3.05) is 11.9 Å². The smallest absolute Gasteiger partial charge is 0.341 e. The molecule has 1 N–H and O–H groups in total. The van der Waals surface area contributed by atoms with Crippen molar-refractivity contribution in [3.8, 4) is 6.07 Å². The minimum atomic E-state index is -1.11. The van der Waals surface area contributed by atoms with Gasteiger partial charge in [0.15, 0.2) is 6.61 Å². The first kappa shape index (κ1) is 20.8. The van der Waals surface area contributed by atoms with Crippen molar-refractivity contribution in [3.05, 3.63) is 76.4 Å². The Bertz CT molecular complexity index is 1140. The summed E-state index contributed by atoms with van der Waals surface area (Å²) < 4.78 is 38.5. The number of anilines is 1. The predicted octanol–water partition coefficient (Wildman–Crippen LogP) is 3.69. The van der Waals surface area contributed by atoms with E-state index in [0.717, 1.165) is 17.8 Å². The van der Waals surface area contributed by atoms with Gasteiger partial charge in [-0.15, -0.1) is 0 Å². The van der Waals surface area contributed by atoms with Gasteiger partial charge in [-0.25, -0.2) is 13.6 Å². The van der Waals surface area contributed by atoms with Crippen molar-refractivity contribution < 1.29 is 27.5 Å². The molecule has 0 aliphatic heterocycles. The van der Waals surface area contributed by atoms with Gasteiger partial charge in [0.2, 0.25) is 0 Å². The quantitative estimate of drug-likeness (QED) is 0.622. The molecule has 0 aliphatic carbocycles.